The molecule has 24 heavy (non-hydrogen) atoms. The molecule has 2 aliphatic rings. The number of amides is 1. The molecule has 4 heterocycles. The third-order valence-corrected chi connectivity index (χ3v) is 6.86. The van der Waals surface area contributed by atoms with Crippen molar-refractivity contribution in [2.75, 3.05) is 18.8 Å². The van der Waals surface area contributed by atoms with Crippen molar-refractivity contribution in [2.24, 2.45) is 0 Å². The van der Waals surface area contributed by atoms with Gasteiger partial charge < -0.3 is 9.64 Å². The molecular formula is C18H20N2O2S2. The first-order valence-corrected chi connectivity index (χ1v) is 10.1. The maximum atomic E-state index is 12.3. The van der Waals surface area contributed by atoms with Gasteiger partial charge in [-0.25, -0.2) is 0 Å². The Hall–Kier alpha value is -1.37. The van der Waals surface area contributed by atoms with Crippen molar-refractivity contribution in [1.29, 1.82) is 0 Å². The zero-order valence-electron chi connectivity index (χ0n) is 13.6. The summed E-state index contributed by atoms with van der Waals surface area (Å²) in [5.74, 6) is 1.17. The molecular weight excluding hydrogens is 340 g/mol. The minimum absolute atomic E-state index is 0.163. The van der Waals surface area contributed by atoms with Crippen LogP contribution in [0.1, 0.15) is 28.2 Å². The van der Waals surface area contributed by atoms with E-state index in [-0.39, 0.29) is 16.8 Å². The van der Waals surface area contributed by atoms with Crippen LogP contribution in [0.15, 0.2) is 35.0 Å². The lowest BCUT2D eigenvalue weighted by Crippen LogP contribution is -2.60. The van der Waals surface area contributed by atoms with Crippen LogP contribution in [0.5, 0.6) is 0 Å². The van der Waals surface area contributed by atoms with Crippen LogP contribution in [0, 0.1) is 6.92 Å². The van der Waals surface area contributed by atoms with Crippen molar-refractivity contribution in [2.45, 2.75) is 30.8 Å². The SMILES string of the molecule is Cc1cccc(CO[C@H]2CSC3(C2)CN(C(=O)c2ccsc2)C3)n1. The number of carbonyl (C=O) groups is 1. The monoisotopic (exact) mass is 360 g/mol. The second kappa shape index (κ2) is 6.50. The molecule has 2 aromatic heterocycles. The number of ether oxygens (including phenoxy) is 1. The van der Waals surface area contributed by atoms with Gasteiger partial charge in [0.05, 0.1) is 28.7 Å². The minimum atomic E-state index is 0.163. The number of hydrogen-bond acceptors (Lipinski definition) is 5. The first-order valence-electron chi connectivity index (χ1n) is 8.13. The summed E-state index contributed by atoms with van der Waals surface area (Å²) in [6.07, 6.45) is 1.28. The summed E-state index contributed by atoms with van der Waals surface area (Å²) in [7, 11) is 0. The molecule has 1 amide bonds. The number of pyridine rings is 1. The summed E-state index contributed by atoms with van der Waals surface area (Å²) in [5, 5.41) is 3.88. The summed E-state index contributed by atoms with van der Waals surface area (Å²) < 4.78 is 6.26. The Kier molecular flexibility index (Phi) is 4.37. The third kappa shape index (κ3) is 3.23. The number of thioether (sulfide) groups is 1. The van der Waals surface area contributed by atoms with E-state index in [4.69, 9.17) is 4.74 Å². The Bertz CT molecular complexity index is 726. The predicted molar refractivity (Wildman–Crippen MR) is 97.6 cm³/mol. The van der Waals surface area contributed by atoms with Crippen LogP contribution in [0.4, 0.5) is 0 Å². The normalized spacial score (nSPS) is 21.9. The lowest BCUT2D eigenvalue weighted by atomic mass is 9.92. The van der Waals surface area contributed by atoms with E-state index in [1.165, 1.54) is 0 Å². The van der Waals surface area contributed by atoms with Gasteiger partial charge in [0.15, 0.2) is 0 Å². The number of aryl methyl sites for hydroxylation is 1. The van der Waals surface area contributed by atoms with Gasteiger partial charge in [-0.05, 0) is 36.9 Å². The summed E-state index contributed by atoms with van der Waals surface area (Å²) in [4.78, 5) is 18.8. The molecule has 0 saturated carbocycles. The van der Waals surface area contributed by atoms with Crippen molar-refractivity contribution in [3.63, 3.8) is 0 Å². The highest BCUT2D eigenvalue weighted by Gasteiger charge is 2.51. The highest BCUT2D eigenvalue weighted by molar-refractivity contribution is 8.01. The zero-order chi connectivity index (χ0) is 16.6. The molecule has 0 aromatic carbocycles. The Morgan fingerprint density at radius 3 is 3.04 bits per heavy atom. The number of rotatable bonds is 4. The Balaban J connectivity index is 1.28. The molecule has 2 aromatic rings. The Labute approximate surface area is 150 Å². The van der Waals surface area contributed by atoms with E-state index in [1.54, 1.807) is 11.3 Å². The van der Waals surface area contributed by atoms with Gasteiger partial charge in [-0.3, -0.25) is 9.78 Å². The number of nitrogens with zero attached hydrogens (tertiary/aromatic N) is 2. The van der Waals surface area contributed by atoms with Crippen LogP contribution in [-0.4, -0.2) is 45.5 Å². The van der Waals surface area contributed by atoms with Crippen molar-refractivity contribution < 1.29 is 9.53 Å². The molecule has 0 N–H and O–H groups in total. The second-order valence-electron chi connectivity index (χ2n) is 6.57. The summed E-state index contributed by atoms with van der Waals surface area (Å²) in [6, 6.07) is 7.93. The number of thiophene rings is 1. The molecule has 2 aliphatic heterocycles. The van der Waals surface area contributed by atoms with E-state index in [1.807, 2.05) is 58.6 Å². The molecule has 1 atom stereocenters. The van der Waals surface area contributed by atoms with Gasteiger partial charge in [0, 0.05) is 29.9 Å². The van der Waals surface area contributed by atoms with Gasteiger partial charge in [-0.2, -0.15) is 11.3 Å². The molecule has 2 fully saturated rings. The average molecular weight is 361 g/mol. The van der Waals surface area contributed by atoms with Gasteiger partial charge in [0.1, 0.15) is 0 Å². The first-order chi connectivity index (χ1) is 11.6. The number of carbonyl (C=O) groups excluding carboxylic acids is 1. The van der Waals surface area contributed by atoms with Crippen molar-refractivity contribution in [3.05, 3.63) is 52.0 Å². The van der Waals surface area contributed by atoms with E-state index in [0.29, 0.717) is 6.61 Å². The smallest absolute Gasteiger partial charge is 0.254 e. The second-order valence-corrected chi connectivity index (χ2v) is 8.84. The van der Waals surface area contributed by atoms with Crippen LogP contribution in [0.3, 0.4) is 0 Å². The quantitative estimate of drug-likeness (QED) is 0.838. The highest BCUT2D eigenvalue weighted by atomic mass is 32.2. The largest absolute Gasteiger partial charge is 0.371 e. The Morgan fingerprint density at radius 1 is 1.42 bits per heavy atom. The molecule has 2 saturated heterocycles. The molecule has 4 nitrogen and oxygen atoms in total. The minimum Gasteiger partial charge on any atom is -0.371 e. The average Bonchev–Trinajstić information content (AvgIpc) is 3.21. The highest BCUT2D eigenvalue weighted by Crippen LogP contribution is 2.46. The third-order valence-electron chi connectivity index (χ3n) is 4.60. The van der Waals surface area contributed by atoms with Crippen LogP contribution in [-0.2, 0) is 11.3 Å². The number of hydrogen-bond donors (Lipinski definition) is 0. The standard InChI is InChI=1S/C18H20N2O2S2/c1-13-3-2-4-15(19-13)8-22-16-7-18(24-10-16)11-20(12-18)17(21)14-5-6-23-9-14/h2-6,9,16H,7-8,10-12H2,1H3/t16-/m1/s1. The molecule has 4 rings (SSSR count). The maximum absolute atomic E-state index is 12.3. The number of aromatic nitrogens is 1. The van der Waals surface area contributed by atoms with Gasteiger partial charge in [0.25, 0.3) is 5.91 Å². The van der Waals surface area contributed by atoms with E-state index in [2.05, 4.69) is 4.98 Å². The van der Waals surface area contributed by atoms with E-state index >= 15 is 0 Å². The maximum Gasteiger partial charge on any atom is 0.254 e. The first kappa shape index (κ1) is 16.1. The zero-order valence-corrected chi connectivity index (χ0v) is 15.2. The van der Waals surface area contributed by atoms with E-state index in [0.717, 1.165) is 42.2 Å². The van der Waals surface area contributed by atoms with Gasteiger partial charge in [-0.15, -0.1) is 11.8 Å². The fourth-order valence-electron chi connectivity index (χ4n) is 3.37. The molecule has 0 aliphatic carbocycles. The van der Waals surface area contributed by atoms with Crippen molar-refractivity contribution in [1.82, 2.24) is 9.88 Å². The van der Waals surface area contributed by atoms with Gasteiger partial charge in [-0.1, -0.05) is 6.07 Å². The van der Waals surface area contributed by atoms with Crippen molar-refractivity contribution in [3.8, 4) is 0 Å². The fourth-order valence-corrected chi connectivity index (χ4v) is 5.56. The van der Waals surface area contributed by atoms with Crippen LogP contribution in [0.25, 0.3) is 0 Å². The summed E-state index contributed by atoms with van der Waals surface area (Å²) >= 11 is 3.53. The van der Waals surface area contributed by atoms with E-state index < -0.39 is 0 Å². The predicted octanol–water partition coefficient (Wildman–Crippen LogP) is 3.37. The van der Waals surface area contributed by atoms with Crippen LogP contribution in [0.2, 0.25) is 0 Å². The molecule has 0 unspecified atom stereocenters. The molecule has 6 heteroatoms. The van der Waals surface area contributed by atoms with Crippen LogP contribution >= 0.6 is 23.1 Å². The Morgan fingerprint density at radius 2 is 2.29 bits per heavy atom. The topological polar surface area (TPSA) is 42.4 Å². The lowest BCUT2D eigenvalue weighted by molar-refractivity contribution is 0.0245. The summed E-state index contributed by atoms with van der Waals surface area (Å²) in [5.41, 5.74) is 2.83. The molecule has 0 radical (unpaired) electrons. The lowest BCUT2D eigenvalue weighted by Gasteiger charge is -2.47. The van der Waals surface area contributed by atoms with Crippen LogP contribution < -0.4 is 0 Å². The number of likely N-dealkylation sites (tertiary alicyclic amines) is 1. The van der Waals surface area contributed by atoms with Gasteiger partial charge in [0.2, 0.25) is 0 Å². The fraction of sp³-hybridized carbons (Fsp3) is 0.444. The molecule has 1 spiro atoms. The molecule has 126 valence electrons. The van der Waals surface area contributed by atoms with Crippen molar-refractivity contribution >= 4 is 29.0 Å². The van der Waals surface area contributed by atoms with Gasteiger partial charge >= 0.3 is 0 Å². The van der Waals surface area contributed by atoms with E-state index in [9.17, 15) is 4.79 Å². The summed E-state index contributed by atoms with van der Waals surface area (Å²) in [6.45, 7) is 4.25. The molecule has 0 bridgehead atoms.